The van der Waals surface area contributed by atoms with Crippen molar-refractivity contribution in [3.8, 4) is 28.3 Å². The fourth-order valence-corrected chi connectivity index (χ4v) is 7.79. The summed E-state index contributed by atoms with van der Waals surface area (Å²) in [4.78, 5) is 10.7. The third kappa shape index (κ3) is 5.82. The van der Waals surface area contributed by atoms with Gasteiger partial charge >= 0.3 is 0 Å². The molecule has 0 fully saturated rings. The Morgan fingerprint density at radius 1 is 0.491 bits per heavy atom. The lowest BCUT2D eigenvalue weighted by Crippen LogP contribution is -2.06. The summed E-state index contributed by atoms with van der Waals surface area (Å²) in [5, 5.41) is 14.1. The Bertz CT molecular complexity index is 2980. The third-order valence-corrected chi connectivity index (χ3v) is 10.6. The smallest absolute Gasteiger partial charge is 0.160 e. The molecule has 55 heavy (non-hydrogen) atoms. The number of furan rings is 2. The molecule has 0 aliphatic carbocycles. The molecule has 0 atom stereocenters. The second kappa shape index (κ2) is 13.3. The molecule has 9 aromatic rings. The van der Waals surface area contributed by atoms with Gasteiger partial charge in [-0.25, -0.2) is 9.98 Å². The van der Waals surface area contributed by atoms with Crippen molar-refractivity contribution >= 4 is 61.1 Å². The first kappa shape index (κ1) is 32.4. The van der Waals surface area contributed by atoms with Gasteiger partial charge in [-0.1, -0.05) is 97.9 Å². The molecule has 0 N–H and O–H groups in total. The van der Waals surface area contributed by atoms with E-state index in [9.17, 15) is 5.26 Å². The average Bonchev–Trinajstić information content (AvgIpc) is 3.74. The largest absolute Gasteiger partial charge is 0.456 e. The van der Waals surface area contributed by atoms with Crippen molar-refractivity contribution in [3.05, 3.63) is 186 Å². The molecular weight excluding hydrogens is 675 g/mol. The minimum Gasteiger partial charge on any atom is -0.456 e. The van der Waals surface area contributed by atoms with Gasteiger partial charge in [-0.3, -0.25) is 0 Å². The molecule has 0 bridgehead atoms. The van der Waals surface area contributed by atoms with Gasteiger partial charge in [0.05, 0.1) is 23.0 Å². The SMILES string of the molecule is CCC1=C(c2cc(-c3ccc4oc5ccccc5c4c3)cc(-c3ccc4oc5ccccc5c4c3)c2)N=C(c2cccc(C#N)c2)N=C(c2ccccc2)C1. The molecule has 0 saturated carbocycles. The topological polar surface area (TPSA) is 74.8 Å². The Kier molecular flexibility index (Phi) is 7.82. The van der Waals surface area contributed by atoms with Gasteiger partial charge in [0.1, 0.15) is 22.3 Å². The Balaban J connectivity index is 1.22. The van der Waals surface area contributed by atoms with Crippen LogP contribution in [0.2, 0.25) is 0 Å². The summed E-state index contributed by atoms with van der Waals surface area (Å²) in [5.41, 5.74) is 14.2. The predicted molar refractivity (Wildman–Crippen MR) is 224 cm³/mol. The van der Waals surface area contributed by atoms with E-state index >= 15 is 0 Å². The van der Waals surface area contributed by atoms with Gasteiger partial charge in [0.25, 0.3) is 0 Å². The molecular formula is C50H33N3O2. The van der Waals surface area contributed by atoms with Crippen LogP contribution in [0.25, 0.3) is 71.8 Å². The standard InChI is InChI=1S/C50H33N3O2/c1-2-32-29-44(33-12-4-3-5-13-33)52-50(36-14-10-11-31(23-36)30-51)53-49(32)39-25-37(34-19-21-47-42(27-34)40-15-6-8-17-45(40)54-47)24-38(26-39)35-20-22-48-43(28-35)41-16-7-9-18-46(41)55-48/h3-28H,2,29H2,1H3. The van der Waals surface area contributed by atoms with Crippen LogP contribution >= 0.6 is 0 Å². The van der Waals surface area contributed by atoms with Gasteiger partial charge in [0.2, 0.25) is 0 Å². The van der Waals surface area contributed by atoms with Gasteiger partial charge in [-0.05, 0) is 107 Å². The summed E-state index contributed by atoms with van der Waals surface area (Å²) in [6, 6.07) is 56.2. The van der Waals surface area contributed by atoms with E-state index in [0.717, 1.165) is 101 Å². The zero-order valence-electron chi connectivity index (χ0n) is 30.1. The Morgan fingerprint density at radius 2 is 1.05 bits per heavy atom. The number of para-hydroxylation sites is 2. The highest BCUT2D eigenvalue weighted by atomic mass is 16.3. The lowest BCUT2D eigenvalue weighted by molar-refractivity contribution is 0.668. The monoisotopic (exact) mass is 707 g/mol. The minimum absolute atomic E-state index is 0.566. The molecule has 0 saturated heterocycles. The molecule has 0 spiro atoms. The quantitative estimate of drug-likeness (QED) is 0.173. The second-order valence-electron chi connectivity index (χ2n) is 14.0. The summed E-state index contributed by atoms with van der Waals surface area (Å²) in [7, 11) is 0. The number of allylic oxidation sites excluding steroid dienone is 1. The fraction of sp³-hybridized carbons (Fsp3) is 0.0600. The number of benzene rings is 7. The van der Waals surface area contributed by atoms with E-state index in [1.54, 1.807) is 0 Å². The first-order chi connectivity index (χ1) is 27.1. The van der Waals surface area contributed by atoms with Crippen LogP contribution in [-0.2, 0) is 0 Å². The molecule has 5 nitrogen and oxygen atoms in total. The van der Waals surface area contributed by atoms with Crippen molar-refractivity contribution in [1.29, 1.82) is 5.26 Å². The molecule has 1 aliphatic heterocycles. The van der Waals surface area contributed by atoms with Crippen LogP contribution in [0.3, 0.4) is 0 Å². The highest BCUT2D eigenvalue weighted by Crippen LogP contribution is 2.39. The number of rotatable bonds is 6. The van der Waals surface area contributed by atoms with Crippen molar-refractivity contribution in [2.75, 3.05) is 0 Å². The first-order valence-electron chi connectivity index (χ1n) is 18.5. The van der Waals surface area contributed by atoms with Crippen molar-refractivity contribution in [2.24, 2.45) is 9.98 Å². The van der Waals surface area contributed by atoms with Crippen molar-refractivity contribution in [3.63, 3.8) is 0 Å². The Morgan fingerprint density at radius 3 is 1.67 bits per heavy atom. The molecule has 1 aliphatic rings. The van der Waals surface area contributed by atoms with Crippen LogP contribution in [0.5, 0.6) is 0 Å². The molecule has 0 amide bonds. The van der Waals surface area contributed by atoms with Crippen LogP contribution in [0.15, 0.2) is 182 Å². The zero-order valence-corrected chi connectivity index (χ0v) is 30.1. The molecule has 10 rings (SSSR count). The Labute approximate surface area is 317 Å². The van der Waals surface area contributed by atoms with Crippen molar-refractivity contribution < 1.29 is 8.83 Å². The van der Waals surface area contributed by atoms with E-state index in [1.807, 2.05) is 66.7 Å². The van der Waals surface area contributed by atoms with E-state index < -0.39 is 0 Å². The van der Waals surface area contributed by atoms with Crippen LogP contribution in [0, 0.1) is 11.3 Å². The van der Waals surface area contributed by atoms with Crippen LogP contribution < -0.4 is 0 Å². The summed E-state index contributed by atoms with van der Waals surface area (Å²) >= 11 is 0. The van der Waals surface area contributed by atoms with Crippen LogP contribution in [0.4, 0.5) is 0 Å². The van der Waals surface area contributed by atoms with Gasteiger partial charge in [0.15, 0.2) is 5.84 Å². The molecule has 260 valence electrons. The second-order valence-corrected chi connectivity index (χ2v) is 14.0. The lowest BCUT2D eigenvalue weighted by Gasteiger charge is -2.15. The molecule has 3 heterocycles. The number of nitriles is 1. The predicted octanol–water partition coefficient (Wildman–Crippen LogP) is 13.2. The third-order valence-electron chi connectivity index (χ3n) is 10.6. The van der Waals surface area contributed by atoms with Crippen LogP contribution in [-0.4, -0.2) is 11.5 Å². The molecule has 0 unspecified atom stereocenters. The maximum absolute atomic E-state index is 9.81. The molecule has 7 aromatic carbocycles. The highest BCUT2D eigenvalue weighted by molar-refractivity contribution is 6.16. The molecule has 0 radical (unpaired) electrons. The van der Waals surface area contributed by atoms with Gasteiger partial charge in [-0.15, -0.1) is 0 Å². The van der Waals surface area contributed by atoms with Crippen molar-refractivity contribution in [1.82, 2.24) is 0 Å². The molecule has 5 heteroatoms. The van der Waals surface area contributed by atoms with E-state index in [4.69, 9.17) is 18.8 Å². The van der Waals surface area contributed by atoms with Gasteiger partial charge < -0.3 is 8.83 Å². The van der Waals surface area contributed by atoms with E-state index in [0.29, 0.717) is 17.8 Å². The van der Waals surface area contributed by atoms with Gasteiger partial charge in [-0.2, -0.15) is 5.26 Å². The lowest BCUT2D eigenvalue weighted by atomic mass is 9.91. The normalized spacial score (nSPS) is 13.3. The maximum atomic E-state index is 9.81. The zero-order chi connectivity index (χ0) is 36.9. The molecule has 2 aromatic heterocycles. The van der Waals surface area contributed by atoms with Gasteiger partial charge in [0, 0.05) is 39.1 Å². The minimum atomic E-state index is 0.566. The number of amidine groups is 1. The number of hydrogen-bond acceptors (Lipinski definition) is 5. The highest BCUT2D eigenvalue weighted by Gasteiger charge is 2.21. The van der Waals surface area contributed by atoms with E-state index in [1.165, 1.54) is 5.57 Å². The average molecular weight is 708 g/mol. The van der Waals surface area contributed by atoms with Crippen LogP contribution in [0.1, 0.15) is 42.0 Å². The summed E-state index contributed by atoms with van der Waals surface area (Å²) in [5.74, 6) is 0.582. The van der Waals surface area contributed by atoms with Crippen molar-refractivity contribution in [2.45, 2.75) is 19.8 Å². The number of hydrogen-bond donors (Lipinski definition) is 0. The summed E-state index contributed by atoms with van der Waals surface area (Å²) in [6.07, 6.45) is 1.43. The number of aliphatic imine (C=N–C) groups is 2. The fourth-order valence-electron chi connectivity index (χ4n) is 7.79. The number of nitrogens with zero attached hydrogens (tertiary/aromatic N) is 3. The summed E-state index contributed by atoms with van der Waals surface area (Å²) in [6.45, 7) is 2.19. The van der Waals surface area contributed by atoms with E-state index in [-0.39, 0.29) is 0 Å². The van der Waals surface area contributed by atoms with E-state index in [2.05, 4.69) is 104 Å². The maximum Gasteiger partial charge on any atom is 0.160 e. The Hall–Kier alpha value is -7.29. The summed E-state index contributed by atoms with van der Waals surface area (Å²) < 4.78 is 12.4. The first-order valence-corrected chi connectivity index (χ1v) is 18.5. The number of fused-ring (bicyclic) bond motifs is 6.